The van der Waals surface area contributed by atoms with Crippen molar-refractivity contribution in [1.82, 2.24) is 10.7 Å². The highest BCUT2D eigenvalue weighted by molar-refractivity contribution is 9.10. The first-order valence-corrected chi connectivity index (χ1v) is 15.1. The van der Waals surface area contributed by atoms with Gasteiger partial charge in [0.05, 0.1) is 28.9 Å². The van der Waals surface area contributed by atoms with E-state index in [1.54, 1.807) is 25.1 Å². The number of amides is 2. The van der Waals surface area contributed by atoms with E-state index >= 15 is 0 Å². The van der Waals surface area contributed by atoms with Crippen molar-refractivity contribution in [3.63, 3.8) is 0 Å². The van der Waals surface area contributed by atoms with Crippen molar-refractivity contribution in [3.05, 3.63) is 86.3 Å². The van der Waals surface area contributed by atoms with Gasteiger partial charge in [-0.15, -0.1) is 0 Å². The fraction of sp³-hybridized carbons (Fsp3) is 0.323. The van der Waals surface area contributed by atoms with Crippen LogP contribution in [0.15, 0.2) is 70.2 Å². The third kappa shape index (κ3) is 10.2. The van der Waals surface area contributed by atoms with Crippen LogP contribution in [0.2, 0.25) is 10.0 Å². The zero-order valence-corrected chi connectivity index (χ0v) is 26.8. The Kier molecular flexibility index (Phi) is 13.4. The van der Waals surface area contributed by atoms with E-state index in [0.29, 0.717) is 45.5 Å². The molecule has 0 spiro atoms. The largest absolute Gasteiger partial charge is 0.490 e. The standard InChI is InChI=1S/C31H34BrCl2N3O5/c1-4-6-14-41-29-24(32)15-22(17-28(29)40-5-2)19-35-37-31(39)26(16-21-10-8-7-9-11-21)36-30(38)20(3)42-27-13-12-23(33)18-25(27)34/h7-13,15,17-20,26H,4-6,14,16H2,1-3H3,(H,36,38)(H,37,39)/b35-19-/t20-,26-/m1/s1. The average molecular weight is 679 g/mol. The van der Waals surface area contributed by atoms with Crippen LogP contribution in [0.3, 0.4) is 0 Å². The van der Waals surface area contributed by atoms with Gasteiger partial charge in [0.25, 0.3) is 11.8 Å². The van der Waals surface area contributed by atoms with Crippen molar-refractivity contribution in [2.24, 2.45) is 5.10 Å². The molecule has 3 aromatic carbocycles. The average Bonchev–Trinajstić information content (AvgIpc) is 2.96. The Bertz CT molecular complexity index is 1370. The lowest BCUT2D eigenvalue weighted by atomic mass is 10.1. The van der Waals surface area contributed by atoms with Gasteiger partial charge in [0.1, 0.15) is 11.8 Å². The molecule has 0 saturated heterocycles. The Morgan fingerprint density at radius 3 is 2.45 bits per heavy atom. The maximum Gasteiger partial charge on any atom is 0.262 e. The van der Waals surface area contributed by atoms with E-state index in [9.17, 15) is 9.59 Å². The quantitative estimate of drug-likeness (QED) is 0.103. The second kappa shape index (κ2) is 17.0. The molecule has 224 valence electrons. The second-order valence-electron chi connectivity index (χ2n) is 9.28. The molecule has 11 heteroatoms. The van der Waals surface area contributed by atoms with Crippen LogP contribution in [0.4, 0.5) is 0 Å². The molecule has 3 rings (SSSR count). The fourth-order valence-electron chi connectivity index (χ4n) is 3.80. The topological polar surface area (TPSA) is 98.2 Å². The van der Waals surface area contributed by atoms with Crippen molar-refractivity contribution >= 4 is 57.2 Å². The van der Waals surface area contributed by atoms with Crippen molar-refractivity contribution < 1.29 is 23.8 Å². The minimum Gasteiger partial charge on any atom is -0.490 e. The fourth-order valence-corrected chi connectivity index (χ4v) is 4.82. The minimum atomic E-state index is -0.939. The van der Waals surface area contributed by atoms with Gasteiger partial charge in [-0.25, -0.2) is 5.43 Å². The number of unbranched alkanes of at least 4 members (excludes halogenated alkanes) is 1. The molecule has 0 heterocycles. The van der Waals surface area contributed by atoms with E-state index in [0.717, 1.165) is 18.4 Å². The lowest BCUT2D eigenvalue weighted by molar-refractivity contribution is -0.132. The van der Waals surface area contributed by atoms with E-state index in [4.69, 9.17) is 37.4 Å². The maximum absolute atomic E-state index is 13.2. The number of ether oxygens (including phenoxy) is 3. The molecule has 0 aliphatic heterocycles. The number of carbonyl (C=O) groups excluding carboxylic acids is 2. The highest BCUT2D eigenvalue weighted by Gasteiger charge is 2.25. The van der Waals surface area contributed by atoms with Crippen LogP contribution in [-0.4, -0.2) is 43.4 Å². The Balaban J connectivity index is 1.72. The van der Waals surface area contributed by atoms with E-state index in [-0.39, 0.29) is 11.4 Å². The molecule has 2 N–H and O–H groups in total. The first-order chi connectivity index (χ1) is 20.2. The van der Waals surface area contributed by atoms with Gasteiger partial charge < -0.3 is 19.5 Å². The summed E-state index contributed by atoms with van der Waals surface area (Å²) in [5.74, 6) is 0.499. The number of benzene rings is 3. The molecule has 0 saturated carbocycles. The lowest BCUT2D eigenvalue weighted by Crippen LogP contribution is -2.50. The molecule has 2 atom stereocenters. The highest BCUT2D eigenvalue weighted by atomic mass is 79.9. The minimum absolute atomic E-state index is 0.242. The number of halogens is 3. The summed E-state index contributed by atoms with van der Waals surface area (Å²) in [6, 6.07) is 16.8. The Labute approximate surface area is 264 Å². The number of nitrogens with zero attached hydrogens (tertiary/aromatic N) is 1. The molecule has 0 fully saturated rings. The van der Waals surface area contributed by atoms with Gasteiger partial charge in [-0.3, -0.25) is 9.59 Å². The molecule has 0 bridgehead atoms. The number of hydrogen-bond donors (Lipinski definition) is 2. The van der Waals surface area contributed by atoms with E-state index < -0.39 is 24.0 Å². The third-order valence-electron chi connectivity index (χ3n) is 5.95. The normalized spacial score (nSPS) is 12.4. The van der Waals surface area contributed by atoms with Crippen molar-refractivity contribution in [1.29, 1.82) is 0 Å². The highest BCUT2D eigenvalue weighted by Crippen LogP contribution is 2.36. The van der Waals surface area contributed by atoms with Crippen LogP contribution in [0.25, 0.3) is 0 Å². The van der Waals surface area contributed by atoms with Crippen molar-refractivity contribution in [2.45, 2.75) is 52.2 Å². The molecule has 3 aromatic rings. The van der Waals surface area contributed by atoms with Gasteiger partial charge in [0, 0.05) is 11.4 Å². The zero-order chi connectivity index (χ0) is 30.5. The summed E-state index contributed by atoms with van der Waals surface area (Å²) in [6.45, 7) is 6.59. The van der Waals surface area contributed by atoms with Gasteiger partial charge in [-0.05, 0) is 77.7 Å². The number of hydrazone groups is 1. The zero-order valence-electron chi connectivity index (χ0n) is 23.7. The van der Waals surface area contributed by atoms with E-state index in [2.05, 4.69) is 38.7 Å². The molecule has 8 nitrogen and oxygen atoms in total. The van der Waals surface area contributed by atoms with Crippen LogP contribution < -0.4 is 25.0 Å². The lowest BCUT2D eigenvalue weighted by Gasteiger charge is -2.21. The van der Waals surface area contributed by atoms with Crippen LogP contribution in [0, 0.1) is 0 Å². The molecule has 2 amide bonds. The molecular formula is C31H34BrCl2N3O5. The van der Waals surface area contributed by atoms with Gasteiger partial charge in [-0.1, -0.05) is 66.9 Å². The summed E-state index contributed by atoms with van der Waals surface area (Å²) in [5, 5.41) is 7.63. The first-order valence-electron chi connectivity index (χ1n) is 13.6. The van der Waals surface area contributed by atoms with E-state index in [1.165, 1.54) is 12.3 Å². The number of nitrogens with one attached hydrogen (secondary N) is 2. The molecule has 0 aliphatic rings. The summed E-state index contributed by atoms with van der Waals surface area (Å²) in [4.78, 5) is 26.2. The predicted molar refractivity (Wildman–Crippen MR) is 170 cm³/mol. The van der Waals surface area contributed by atoms with Crippen LogP contribution in [-0.2, 0) is 16.0 Å². The monoisotopic (exact) mass is 677 g/mol. The smallest absolute Gasteiger partial charge is 0.262 e. The molecule has 42 heavy (non-hydrogen) atoms. The Hall–Kier alpha value is -3.27. The summed E-state index contributed by atoms with van der Waals surface area (Å²) in [5.41, 5.74) is 4.08. The van der Waals surface area contributed by atoms with Crippen LogP contribution >= 0.6 is 39.1 Å². The Morgan fingerprint density at radius 1 is 1.00 bits per heavy atom. The molecule has 0 aliphatic carbocycles. The van der Waals surface area contributed by atoms with Crippen molar-refractivity contribution in [3.8, 4) is 17.2 Å². The third-order valence-corrected chi connectivity index (χ3v) is 7.07. The van der Waals surface area contributed by atoms with Gasteiger partial charge >= 0.3 is 0 Å². The maximum atomic E-state index is 13.2. The molecule has 0 aromatic heterocycles. The van der Waals surface area contributed by atoms with Crippen LogP contribution in [0.5, 0.6) is 17.2 Å². The first kappa shape index (κ1) is 33.2. The van der Waals surface area contributed by atoms with Gasteiger partial charge in [-0.2, -0.15) is 5.10 Å². The van der Waals surface area contributed by atoms with E-state index in [1.807, 2.05) is 43.3 Å². The van der Waals surface area contributed by atoms with Gasteiger partial charge in [0.15, 0.2) is 17.6 Å². The summed E-state index contributed by atoms with van der Waals surface area (Å²) in [6.07, 6.45) is 2.74. The van der Waals surface area contributed by atoms with Crippen molar-refractivity contribution in [2.75, 3.05) is 13.2 Å². The number of rotatable bonds is 15. The number of carbonyl (C=O) groups is 2. The van der Waals surface area contributed by atoms with Crippen LogP contribution in [0.1, 0.15) is 44.7 Å². The number of hydrogen-bond acceptors (Lipinski definition) is 6. The predicted octanol–water partition coefficient (Wildman–Crippen LogP) is 6.98. The summed E-state index contributed by atoms with van der Waals surface area (Å²) >= 11 is 15.7. The summed E-state index contributed by atoms with van der Waals surface area (Å²) < 4.78 is 18.1. The molecule has 0 radical (unpaired) electrons. The second-order valence-corrected chi connectivity index (χ2v) is 11.0. The molecule has 0 unspecified atom stereocenters. The summed E-state index contributed by atoms with van der Waals surface area (Å²) in [7, 11) is 0. The van der Waals surface area contributed by atoms with Gasteiger partial charge in [0.2, 0.25) is 0 Å². The Morgan fingerprint density at radius 2 is 1.76 bits per heavy atom. The SMILES string of the molecule is CCCCOc1c(Br)cc(/C=N\NC(=O)[C@@H](Cc2ccccc2)NC(=O)[C@@H](C)Oc2ccc(Cl)cc2Cl)cc1OCC. The molecular weight excluding hydrogens is 645 g/mol.